The van der Waals surface area contributed by atoms with Crippen LogP contribution in [0.1, 0.15) is 27.2 Å². The SMILES string of the molecule is C[C@@H]1[C@@H]2C(=CC3=C(C(=O)O[C@H]3O)[C@@H]1O)CC(C)(C)[C@@H]2O. The summed E-state index contributed by atoms with van der Waals surface area (Å²) in [5.41, 5.74) is 1.17. The van der Waals surface area contributed by atoms with Crippen molar-refractivity contribution in [2.24, 2.45) is 17.3 Å². The highest BCUT2D eigenvalue weighted by atomic mass is 16.6. The fourth-order valence-corrected chi connectivity index (χ4v) is 3.79. The Morgan fingerprint density at radius 1 is 1.30 bits per heavy atom. The van der Waals surface area contributed by atoms with Gasteiger partial charge < -0.3 is 20.1 Å². The smallest absolute Gasteiger partial charge is 0.339 e. The van der Waals surface area contributed by atoms with Gasteiger partial charge in [-0.2, -0.15) is 0 Å². The zero-order valence-electron chi connectivity index (χ0n) is 11.8. The zero-order chi connectivity index (χ0) is 14.8. The molecule has 0 radical (unpaired) electrons. The third-order valence-corrected chi connectivity index (χ3v) is 4.95. The van der Waals surface area contributed by atoms with E-state index < -0.39 is 24.5 Å². The zero-order valence-corrected chi connectivity index (χ0v) is 11.8. The van der Waals surface area contributed by atoms with Crippen LogP contribution in [-0.4, -0.2) is 39.8 Å². The van der Waals surface area contributed by atoms with Crippen molar-refractivity contribution < 1.29 is 24.9 Å². The molecule has 0 unspecified atom stereocenters. The lowest BCUT2D eigenvalue weighted by Crippen LogP contribution is -2.37. The van der Waals surface area contributed by atoms with E-state index in [2.05, 4.69) is 0 Å². The Morgan fingerprint density at radius 3 is 2.60 bits per heavy atom. The highest BCUT2D eigenvalue weighted by Gasteiger charge is 2.51. The van der Waals surface area contributed by atoms with Crippen molar-refractivity contribution in [2.75, 3.05) is 0 Å². The molecule has 1 saturated carbocycles. The quantitative estimate of drug-likeness (QED) is 0.563. The third-order valence-electron chi connectivity index (χ3n) is 4.95. The standard InChI is InChI=1S/C15H20O5/c1-6-9-7(5-15(2,3)12(9)17)4-8-10(11(6)16)14(19)20-13(8)18/h4,6,9,11-13,16-18H,5H2,1-3H3/t6-,9-,11-,12-,13-/m1/s1. The van der Waals surface area contributed by atoms with Crippen molar-refractivity contribution >= 4 is 5.97 Å². The van der Waals surface area contributed by atoms with E-state index in [0.29, 0.717) is 12.0 Å². The van der Waals surface area contributed by atoms with Gasteiger partial charge in [-0.1, -0.05) is 32.4 Å². The first-order valence-electron chi connectivity index (χ1n) is 6.94. The van der Waals surface area contributed by atoms with Crippen LogP contribution >= 0.6 is 0 Å². The van der Waals surface area contributed by atoms with Gasteiger partial charge in [-0.05, 0) is 17.8 Å². The highest BCUT2D eigenvalue weighted by Crippen LogP contribution is 2.51. The molecule has 3 aliphatic rings. The van der Waals surface area contributed by atoms with E-state index >= 15 is 0 Å². The number of esters is 1. The fourth-order valence-electron chi connectivity index (χ4n) is 3.79. The molecule has 110 valence electrons. The number of aliphatic hydroxyl groups is 3. The average molecular weight is 280 g/mol. The minimum Gasteiger partial charge on any atom is -0.428 e. The van der Waals surface area contributed by atoms with Gasteiger partial charge in [-0.15, -0.1) is 0 Å². The van der Waals surface area contributed by atoms with Crippen molar-refractivity contribution in [1.82, 2.24) is 0 Å². The Kier molecular flexibility index (Phi) is 2.87. The van der Waals surface area contributed by atoms with Gasteiger partial charge in [-0.25, -0.2) is 4.79 Å². The second-order valence-corrected chi connectivity index (χ2v) is 6.79. The van der Waals surface area contributed by atoms with E-state index in [-0.39, 0.29) is 22.8 Å². The van der Waals surface area contributed by atoms with Gasteiger partial charge in [0.2, 0.25) is 6.29 Å². The molecule has 3 rings (SSSR count). The monoisotopic (exact) mass is 280 g/mol. The maximum Gasteiger partial charge on any atom is 0.339 e. The summed E-state index contributed by atoms with van der Waals surface area (Å²) in [7, 11) is 0. The van der Waals surface area contributed by atoms with E-state index in [1.165, 1.54) is 0 Å². The van der Waals surface area contributed by atoms with Crippen LogP contribution in [0, 0.1) is 17.3 Å². The first-order valence-corrected chi connectivity index (χ1v) is 6.94. The summed E-state index contributed by atoms with van der Waals surface area (Å²) in [4.78, 5) is 11.8. The van der Waals surface area contributed by atoms with Crippen molar-refractivity contribution in [1.29, 1.82) is 0 Å². The molecule has 0 aromatic heterocycles. The molecule has 1 heterocycles. The number of ether oxygens (including phenoxy) is 1. The molecule has 0 bridgehead atoms. The van der Waals surface area contributed by atoms with Gasteiger partial charge in [0.1, 0.15) is 0 Å². The average Bonchev–Trinajstić information content (AvgIpc) is 2.69. The van der Waals surface area contributed by atoms with E-state index in [9.17, 15) is 20.1 Å². The summed E-state index contributed by atoms with van der Waals surface area (Å²) in [6.45, 7) is 5.78. The molecule has 5 nitrogen and oxygen atoms in total. The Balaban J connectivity index is 2.13. The first-order chi connectivity index (χ1) is 9.24. The summed E-state index contributed by atoms with van der Waals surface area (Å²) in [5, 5.41) is 30.8. The number of carbonyl (C=O) groups excluding carboxylic acids is 1. The van der Waals surface area contributed by atoms with Crippen LogP contribution < -0.4 is 0 Å². The number of carbonyl (C=O) groups is 1. The number of hydrogen-bond donors (Lipinski definition) is 3. The lowest BCUT2D eigenvalue weighted by atomic mass is 9.79. The van der Waals surface area contributed by atoms with Gasteiger partial charge in [0, 0.05) is 11.5 Å². The normalized spacial score (nSPS) is 42.8. The van der Waals surface area contributed by atoms with Crippen LogP contribution in [0.3, 0.4) is 0 Å². The van der Waals surface area contributed by atoms with Gasteiger partial charge in [0.25, 0.3) is 0 Å². The highest BCUT2D eigenvalue weighted by molar-refractivity contribution is 5.94. The topological polar surface area (TPSA) is 87.0 Å². The summed E-state index contributed by atoms with van der Waals surface area (Å²) < 4.78 is 4.79. The summed E-state index contributed by atoms with van der Waals surface area (Å²) in [6.07, 6.45) is -0.511. The first kappa shape index (κ1) is 13.8. The van der Waals surface area contributed by atoms with E-state index in [0.717, 1.165) is 5.57 Å². The van der Waals surface area contributed by atoms with Crippen LogP contribution in [-0.2, 0) is 9.53 Å². The van der Waals surface area contributed by atoms with Gasteiger partial charge in [-0.3, -0.25) is 0 Å². The molecule has 1 aliphatic heterocycles. The minimum atomic E-state index is -1.31. The van der Waals surface area contributed by atoms with Crippen molar-refractivity contribution in [3.05, 3.63) is 22.8 Å². The van der Waals surface area contributed by atoms with Gasteiger partial charge in [0.15, 0.2) is 0 Å². The fraction of sp³-hybridized carbons (Fsp3) is 0.667. The summed E-state index contributed by atoms with van der Waals surface area (Å²) >= 11 is 0. The second-order valence-electron chi connectivity index (χ2n) is 6.79. The number of aliphatic hydroxyl groups excluding tert-OH is 3. The maximum atomic E-state index is 11.8. The predicted octanol–water partition coefficient (Wildman–Crippen LogP) is 0.502. The van der Waals surface area contributed by atoms with Crippen LogP contribution in [0.4, 0.5) is 0 Å². The van der Waals surface area contributed by atoms with Crippen LogP contribution in [0.2, 0.25) is 0 Å². The second kappa shape index (κ2) is 4.16. The Hall–Kier alpha value is -1.17. The molecule has 20 heavy (non-hydrogen) atoms. The molecule has 0 saturated heterocycles. The van der Waals surface area contributed by atoms with E-state index in [1.54, 1.807) is 6.08 Å². The largest absolute Gasteiger partial charge is 0.428 e. The number of fused-ring (bicyclic) bond motifs is 1. The molecule has 0 aromatic rings. The number of rotatable bonds is 0. The maximum absolute atomic E-state index is 11.8. The van der Waals surface area contributed by atoms with E-state index in [1.807, 2.05) is 20.8 Å². The molecule has 0 amide bonds. The molecule has 3 N–H and O–H groups in total. The van der Waals surface area contributed by atoms with Gasteiger partial charge in [0.05, 0.1) is 17.8 Å². The predicted molar refractivity (Wildman–Crippen MR) is 70.3 cm³/mol. The molecule has 5 atom stereocenters. The lowest BCUT2D eigenvalue weighted by molar-refractivity contribution is -0.152. The Bertz CT molecular complexity index is 530. The Labute approximate surface area is 117 Å². The summed E-state index contributed by atoms with van der Waals surface area (Å²) in [5.74, 6) is -1.17. The molecule has 2 aliphatic carbocycles. The molecule has 0 aromatic carbocycles. The van der Waals surface area contributed by atoms with Crippen molar-refractivity contribution in [2.45, 2.75) is 45.7 Å². The molecule has 5 heteroatoms. The van der Waals surface area contributed by atoms with Crippen molar-refractivity contribution in [3.63, 3.8) is 0 Å². The molecule has 1 fully saturated rings. The van der Waals surface area contributed by atoms with Crippen LogP contribution in [0.25, 0.3) is 0 Å². The lowest BCUT2D eigenvalue weighted by Gasteiger charge is -2.30. The third kappa shape index (κ3) is 1.70. The Morgan fingerprint density at radius 2 is 1.95 bits per heavy atom. The van der Waals surface area contributed by atoms with E-state index in [4.69, 9.17) is 4.74 Å². The number of cyclic esters (lactones) is 1. The van der Waals surface area contributed by atoms with Crippen molar-refractivity contribution in [3.8, 4) is 0 Å². The molecular formula is C15H20O5. The summed E-state index contributed by atoms with van der Waals surface area (Å²) in [6, 6.07) is 0. The van der Waals surface area contributed by atoms with Crippen LogP contribution in [0.15, 0.2) is 22.8 Å². The molecular weight excluding hydrogens is 260 g/mol. The van der Waals surface area contributed by atoms with Gasteiger partial charge >= 0.3 is 5.97 Å². The minimum absolute atomic E-state index is 0.136. The van der Waals surface area contributed by atoms with Crippen LogP contribution in [0.5, 0.6) is 0 Å². The number of hydrogen-bond acceptors (Lipinski definition) is 5. The molecule has 0 spiro atoms.